The van der Waals surface area contributed by atoms with Crippen LogP contribution in [0, 0.1) is 0 Å². The molecule has 0 saturated heterocycles. The Balaban J connectivity index is 2.27. The van der Waals surface area contributed by atoms with Crippen LogP contribution < -0.4 is 20.9 Å². The van der Waals surface area contributed by atoms with E-state index in [1.54, 1.807) is 43.5 Å². The maximum Gasteiger partial charge on any atom is 0.308 e. The summed E-state index contributed by atoms with van der Waals surface area (Å²) in [6.07, 6.45) is 0. The molecule has 0 aliphatic heterocycles. The number of carbonyl (C=O) groups excluding carboxylic acids is 1. The fourth-order valence-electron chi connectivity index (χ4n) is 2.00. The number of methoxy groups -OCH3 is 1. The van der Waals surface area contributed by atoms with Gasteiger partial charge in [-0.25, -0.2) is 0 Å². The van der Waals surface area contributed by atoms with Crippen LogP contribution in [0.2, 0.25) is 0 Å². The number of esters is 1. The average Bonchev–Trinajstić information content (AvgIpc) is 2.47. The van der Waals surface area contributed by atoms with Gasteiger partial charge in [0.25, 0.3) is 0 Å². The fraction of sp³-hybridized carbons (Fsp3) is 0.188. The molecule has 0 spiro atoms. The van der Waals surface area contributed by atoms with Crippen molar-refractivity contribution in [3.8, 4) is 11.5 Å². The predicted molar refractivity (Wildman–Crippen MR) is 79.9 cm³/mol. The molecular weight excluding hydrogens is 268 g/mol. The van der Waals surface area contributed by atoms with E-state index in [1.165, 1.54) is 6.92 Å². The summed E-state index contributed by atoms with van der Waals surface area (Å²) in [6.45, 7) is 1.35. The molecule has 0 aliphatic carbocycles. The number of hydrogen-bond acceptors (Lipinski definition) is 5. The maximum atomic E-state index is 10.9. The Morgan fingerprint density at radius 2 is 1.33 bits per heavy atom. The Kier molecular flexibility index (Phi) is 4.26. The van der Waals surface area contributed by atoms with Crippen molar-refractivity contribution >= 4 is 5.97 Å². The first kappa shape index (κ1) is 15.0. The molecule has 0 aromatic heterocycles. The van der Waals surface area contributed by atoms with Gasteiger partial charge in [0, 0.05) is 6.92 Å². The van der Waals surface area contributed by atoms with Gasteiger partial charge in [-0.1, -0.05) is 24.3 Å². The van der Waals surface area contributed by atoms with Crippen molar-refractivity contribution in [3.63, 3.8) is 0 Å². The van der Waals surface area contributed by atoms with E-state index < -0.39 is 5.66 Å². The first-order valence-electron chi connectivity index (χ1n) is 6.44. The number of carbonyl (C=O) groups is 1. The Hall–Kier alpha value is -2.37. The summed E-state index contributed by atoms with van der Waals surface area (Å²) in [4.78, 5) is 10.9. The van der Waals surface area contributed by atoms with Gasteiger partial charge in [0.2, 0.25) is 0 Å². The smallest absolute Gasteiger partial charge is 0.308 e. The van der Waals surface area contributed by atoms with Crippen LogP contribution in [0.3, 0.4) is 0 Å². The highest BCUT2D eigenvalue weighted by Gasteiger charge is 2.24. The van der Waals surface area contributed by atoms with E-state index in [4.69, 9.17) is 20.9 Å². The lowest BCUT2D eigenvalue weighted by molar-refractivity contribution is -0.131. The molecule has 0 heterocycles. The zero-order valence-electron chi connectivity index (χ0n) is 12.0. The zero-order valence-corrected chi connectivity index (χ0v) is 12.0. The van der Waals surface area contributed by atoms with E-state index in [9.17, 15) is 4.79 Å². The van der Waals surface area contributed by atoms with E-state index in [1.807, 2.05) is 12.1 Å². The normalized spacial score (nSPS) is 11.0. The van der Waals surface area contributed by atoms with Crippen LogP contribution in [0.25, 0.3) is 0 Å². The second-order valence-corrected chi connectivity index (χ2v) is 4.72. The summed E-state index contributed by atoms with van der Waals surface area (Å²) in [5.74, 6) is 0.821. The number of hydrogen-bond donors (Lipinski definition) is 2. The summed E-state index contributed by atoms with van der Waals surface area (Å²) < 4.78 is 10.1. The molecule has 5 nitrogen and oxygen atoms in total. The molecule has 0 bridgehead atoms. The number of rotatable bonds is 4. The number of nitrogens with two attached hydrogens (primary N) is 2. The number of ether oxygens (including phenoxy) is 2. The van der Waals surface area contributed by atoms with Crippen LogP contribution in [0.15, 0.2) is 48.5 Å². The first-order valence-corrected chi connectivity index (χ1v) is 6.44. The molecule has 2 aromatic rings. The second kappa shape index (κ2) is 5.95. The van der Waals surface area contributed by atoms with E-state index in [0.717, 1.165) is 11.3 Å². The lowest BCUT2D eigenvalue weighted by Gasteiger charge is -2.26. The Morgan fingerprint density at radius 1 is 0.905 bits per heavy atom. The highest BCUT2D eigenvalue weighted by Crippen LogP contribution is 2.25. The molecule has 0 saturated carbocycles. The van der Waals surface area contributed by atoms with E-state index >= 15 is 0 Å². The fourth-order valence-corrected chi connectivity index (χ4v) is 2.00. The van der Waals surface area contributed by atoms with E-state index in [-0.39, 0.29) is 5.97 Å². The second-order valence-electron chi connectivity index (χ2n) is 4.72. The highest BCUT2D eigenvalue weighted by molar-refractivity contribution is 5.69. The predicted octanol–water partition coefficient (Wildman–Crippen LogP) is 1.74. The minimum absolute atomic E-state index is 0.371. The van der Waals surface area contributed by atoms with Crippen molar-refractivity contribution in [3.05, 3.63) is 59.7 Å². The van der Waals surface area contributed by atoms with Crippen molar-refractivity contribution in [1.82, 2.24) is 0 Å². The minimum atomic E-state index is -1.14. The van der Waals surface area contributed by atoms with E-state index in [2.05, 4.69) is 0 Å². The molecule has 2 rings (SSSR count). The highest BCUT2D eigenvalue weighted by atomic mass is 16.5. The van der Waals surface area contributed by atoms with Crippen LogP contribution in [0.4, 0.5) is 0 Å². The van der Waals surface area contributed by atoms with Gasteiger partial charge in [0.1, 0.15) is 17.2 Å². The molecular formula is C16H18N2O3. The quantitative estimate of drug-likeness (QED) is 0.508. The minimum Gasteiger partial charge on any atom is -0.497 e. The Labute approximate surface area is 123 Å². The van der Waals surface area contributed by atoms with Gasteiger partial charge < -0.3 is 20.9 Å². The standard InChI is InChI=1S/C16H18N2O3/c1-11(19)21-15-9-5-13(6-10-15)16(17,18)12-3-7-14(20-2)8-4-12/h3-10H,17-18H2,1-2H3. The third-order valence-electron chi connectivity index (χ3n) is 3.16. The van der Waals surface area contributed by atoms with Gasteiger partial charge in [-0.15, -0.1) is 0 Å². The first-order chi connectivity index (χ1) is 9.93. The zero-order chi connectivity index (χ0) is 15.5. The van der Waals surface area contributed by atoms with Gasteiger partial charge in [0.05, 0.1) is 7.11 Å². The van der Waals surface area contributed by atoms with Crippen molar-refractivity contribution in [1.29, 1.82) is 0 Å². The van der Waals surface area contributed by atoms with Gasteiger partial charge in [-0.3, -0.25) is 4.79 Å². The Bertz CT molecular complexity index is 619. The largest absolute Gasteiger partial charge is 0.497 e. The molecule has 21 heavy (non-hydrogen) atoms. The third-order valence-corrected chi connectivity index (χ3v) is 3.16. The van der Waals surface area contributed by atoms with Crippen LogP contribution >= 0.6 is 0 Å². The van der Waals surface area contributed by atoms with Gasteiger partial charge in [0.15, 0.2) is 0 Å². The summed E-state index contributed by atoms with van der Waals surface area (Å²) in [7, 11) is 1.60. The van der Waals surface area contributed by atoms with Crippen molar-refractivity contribution in [2.75, 3.05) is 7.11 Å². The molecule has 0 radical (unpaired) electrons. The monoisotopic (exact) mass is 286 g/mol. The number of benzene rings is 2. The molecule has 0 atom stereocenters. The molecule has 0 unspecified atom stereocenters. The summed E-state index contributed by atoms with van der Waals surface area (Å²) >= 11 is 0. The molecule has 110 valence electrons. The van der Waals surface area contributed by atoms with Crippen molar-refractivity contribution < 1.29 is 14.3 Å². The molecule has 0 fully saturated rings. The molecule has 5 heteroatoms. The lowest BCUT2D eigenvalue weighted by atomic mass is 9.93. The summed E-state index contributed by atoms with van der Waals surface area (Å²) in [5, 5.41) is 0. The van der Waals surface area contributed by atoms with Gasteiger partial charge in [-0.2, -0.15) is 0 Å². The Morgan fingerprint density at radius 3 is 1.71 bits per heavy atom. The van der Waals surface area contributed by atoms with Crippen LogP contribution in [-0.2, 0) is 10.5 Å². The van der Waals surface area contributed by atoms with Gasteiger partial charge in [-0.05, 0) is 35.4 Å². The van der Waals surface area contributed by atoms with Crippen LogP contribution in [0.1, 0.15) is 18.1 Å². The molecule has 0 aliphatic rings. The third kappa shape index (κ3) is 3.39. The van der Waals surface area contributed by atoms with Crippen LogP contribution in [0.5, 0.6) is 11.5 Å². The summed E-state index contributed by atoms with van der Waals surface area (Å²) in [5.41, 5.74) is 12.8. The van der Waals surface area contributed by atoms with Crippen molar-refractivity contribution in [2.24, 2.45) is 11.5 Å². The molecule has 4 N–H and O–H groups in total. The average molecular weight is 286 g/mol. The maximum absolute atomic E-state index is 10.9. The van der Waals surface area contributed by atoms with E-state index in [0.29, 0.717) is 11.3 Å². The topological polar surface area (TPSA) is 87.6 Å². The lowest BCUT2D eigenvalue weighted by Crippen LogP contribution is -2.47. The summed E-state index contributed by atoms with van der Waals surface area (Å²) in [6, 6.07) is 14.0. The SMILES string of the molecule is COc1ccc(C(N)(N)c2ccc(OC(C)=O)cc2)cc1. The molecule has 0 amide bonds. The van der Waals surface area contributed by atoms with Gasteiger partial charge >= 0.3 is 5.97 Å². The molecule has 2 aromatic carbocycles. The van der Waals surface area contributed by atoms with Crippen LogP contribution in [-0.4, -0.2) is 13.1 Å². The van der Waals surface area contributed by atoms with Crippen molar-refractivity contribution in [2.45, 2.75) is 12.6 Å².